The average molecular weight is 387 g/mol. The average Bonchev–Trinajstić information content (AvgIpc) is 2.87. The lowest BCUT2D eigenvalue weighted by Crippen LogP contribution is -2.30. The van der Waals surface area contributed by atoms with E-state index in [2.05, 4.69) is 20.7 Å². The predicted molar refractivity (Wildman–Crippen MR) is 88.9 cm³/mol. The topological polar surface area (TPSA) is 72.2 Å². The minimum Gasteiger partial charge on any atom is -0.399 e. The van der Waals surface area contributed by atoms with Crippen molar-refractivity contribution in [1.29, 1.82) is 0 Å². The number of anilines is 1. The number of aryl methyl sites for hydroxylation is 1. The summed E-state index contributed by atoms with van der Waals surface area (Å²) in [5, 5.41) is 2.02. The third kappa shape index (κ3) is 3.01. The molecule has 0 amide bonds. The van der Waals surface area contributed by atoms with E-state index in [-0.39, 0.29) is 10.9 Å². The SMILES string of the molecule is Nc1ccc(S(=O)(=O)NC2CCCc3sccc32)c(Br)c1. The first-order valence-electron chi connectivity index (χ1n) is 6.61. The maximum Gasteiger partial charge on any atom is 0.242 e. The van der Waals surface area contributed by atoms with Gasteiger partial charge in [-0.3, -0.25) is 0 Å². The van der Waals surface area contributed by atoms with E-state index in [4.69, 9.17) is 5.73 Å². The second kappa shape index (κ2) is 5.72. The highest BCUT2D eigenvalue weighted by atomic mass is 79.9. The largest absolute Gasteiger partial charge is 0.399 e. The zero-order valence-corrected chi connectivity index (χ0v) is 14.4. The van der Waals surface area contributed by atoms with E-state index in [0.717, 1.165) is 24.8 Å². The number of rotatable bonds is 3. The second-order valence-corrected chi connectivity index (χ2v) is 8.59. The van der Waals surface area contributed by atoms with Gasteiger partial charge in [-0.2, -0.15) is 0 Å². The van der Waals surface area contributed by atoms with Crippen molar-refractivity contribution in [2.75, 3.05) is 5.73 Å². The molecule has 1 heterocycles. The summed E-state index contributed by atoms with van der Waals surface area (Å²) in [5.74, 6) is 0. The van der Waals surface area contributed by atoms with Crippen molar-refractivity contribution in [2.24, 2.45) is 0 Å². The molecule has 2 aromatic rings. The number of hydrogen-bond acceptors (Lipinski definition) is 4. The Morgan fingerprint density at radius 3 is 2.90 bits per heavy atom. The van der Waals surface area contributed by atoms with Gasteiger partial charge in [0.25, 0.3) is 0 Å². The molecule has 112 valence electrons. The van der Waals surface area contributed by atoms with Crippen LogP contribution in [0.25, 0.3) is 0 Å². The van der Waals surface area contributed by atoms with Gasteiger partial charge in [-0.25, -0.2) is 13.1 Å². The molecule has 1 aromatic carbocycles. The van der Waals surface area contributed by atoms with Gasteiger partial charge >= 0.3 is 0 Å². The molecule has 3 N–H and O–H groups in total. The molecule has 1 aromatic heterocycles. The van der Waals surface area contributed by atoms with Gasteiger partial charge in [0.05, 0.1) is 4.90 Å². The quantitative estimate of drug-likeness (QED) is 0.793. The number of thiophene rings is 1. The first-order chi connectivity index (χ1) is 9.97. The third-order valence-corrected chi connectivity index (χ3v) is 7.04. The van der Waals surface area contributed by atoms with Gasteiger partial charge in [-0.15, -0.1) is 11.3 Å². The number of fused-ring (bicyclic) bond motifs is 1. The number of nitrogens with one attached hydrogen (secondary N) is 1. The monoisotopic (exact) mass is 386 g/mol. The standard InChI is InChI=1S/C14H15BrN2O2S2/c15-11-8-9(16)4-5-14(11)21(18,19)17-12-2-1-3-13-10(12)6-7-20-13/h4-8,12,17H,1-3,16H2. The van der Waals surface area contributed by atoms with Crippen molar-refractivity contribution in [3.8, 4) is 0 Å². The molecule has 0 bridgehead atoms. The summed E-state index contributed by atoms with van der Waals surface area (Å²) in [4.78, 5) is 1.50. The van der Waals surface area contributed by atoms with Crippen LogP contribution in [-0.2, 0) is 16.4 Å². The molecule has 1 aliphatic rings. The third-order valence-electron chi connectivity index (χ3n) is 3.59. The van der Waals surface area contributed by atoms with E-state index in [1.165, 1.54) is 10.9 Å². The molecule has 0 spiro atoms. The highest BCUT2D eigenvalue weighted by molar-refractivity contribution is 9.10. The van der Waals surface area contributed by atoms with Crippen molar-refractivity contribution >= 4 is 43.0 Å². The molecule has 0 saturated heterocycles. The zero-order chi connectivity index (χ0) is 15.0. The van der Waals surface area contributed by atoms with Crippen LogP contribution in [0.4, 0.5) is 5.69 Å². The van der Waals surface area contributed by atoms with Crippen LogP contribution < -0.4 is 10.5 Å². The first-order valence-corrected chi connectivity index (χ1v) is 9.76. The molecule has 7 heteroatoms. The Balaban J connectivity index is 1.91. The molecule has 1 aliphatic carbocycles. The minimum atomic E-state index is -3.58. The Hall–Kier alpha value is -0.890. The van der Waals surface area contributed by atoms with Crippen LogP contribution in [0.2, 0.25) is 0 Å². The molecule has 3 rings (SSSR count). The van der Waals surface area contributed by atoms with Crippen molar-refractivity contribution in [3.63, 3.8) is 0 Å². The molecule has 0 saturated carbocycles. The Morgan fingerprint density at radius 2 is 2.14 bits per heavy atom. The van der Waals surface area contributed by atoms with E-state index in [0.29, 0.717) is 10.2 Å². The Morgan fingerprint density at radius 1 is 1.33 bits per heavy atom. The van der Waals surface area contributed by atoms with E-state index < -0.39 is 10.0 Å². The number of nitrogen functional groups attached to an aromatic ring is 1. The summed E-state index contributed by atoms with van der Waals surface area (Å²) in [5.41, 5.74) is 7.30. The van der Waals surface area contributed by atoms with Gasteiger partial charge < -0.3 is 5.73 Å². The van der Waals surface area contributed by atoms with Crippen LogP contribution in [-0.4, -0.2) is 8.42 Å². The van der Waals surface area contributed by atoms with Crippen molar-refractivity contribution in [2.45, 2.75) is 30.2 Å². The zero-order valence-electron chi connectivity index (χ0n) is 11.2. The molecule has 1 atom stereocenters. The van der Waals surface area contributed by atoms with Crippen LogP contribution in [0.5, 0.6) is 0 Å². The Kier molecular flexibility index (Phi) is 4.09. The normalized spacial score (nSPS) is 18.4. The van der Waals surface area contributed by atoms with Crippen LogP contribution >= 0.6 is 27.3 Å². The highest BCUT2D eigenvalue weighted by Gasteiger charge is 2.27. The van der Waals surface area contributed by atoms with Crippen molar-refractivity contribution in [3.05, 3.63) is 44.6 Å². The van der Waals surface area contributed by atoms with Crippen LogP contribution in [0.15, 0.2) is 39.0 Å². The predicted octanol–water partition coefficient (Wildman–Crippen LogP) is 3.45. The number of benzene rings is 1. The summed E-state index contributed by atoms with van der Waals surface area (Å²) >= 11 is 4.97. The van der Waals surface area contributed by atoms with Gasteiger partial charge in [-0.05, 0) is 70.4 Å². The smallest absolute Gasteiger partial charge is 0.242 e. The fourth-order valence-electron chi connectivity index (χ4n) is 2.59. The van der Waals surface area contributed by atoms with E-state index in [1.807, 2.05) is 11.4 Å². The Labute approximate surface area is 136 Å². The molecule has 0 fully saturated rings. The Bertz CT molecular complexity index is 771. The molecule has 4 nitrogen and oxygen atoms in total. The van der Waals surface area contributed by atoms with Crippen LogP contribution in [0.1, 0.15) is 29.3 Å². The summed E-state index contributed by atoms with van der Waals surface area (Å²) in [6, 6.07) is 6.60. The van der Waals surface area contributed by atoms with Gasteiger partial charge in [-0.1, -0.05) is 0 Å². The molecular formula is C14H15BrN2O2S2. The summed E-state index contributed by atoms with van der Waals surface area (Å²) in [6.07, 6.45) is 2.87. The van der Waals surface area contributed by atoms with Crippen LogP contribution in [0.3, 0.4) is 0 Å². The maximum atomic E-state index is 12.6. The van der Waals surface area contributed by atoms with E-state index in [9.17, 15) is 8.42 Å². The number of sulfonamides is 1. The van der Waals surface area contributed by atoms with Gasteiger partial charge in [0.1, 0.15) is 0 Å². The number of nitrogens with two attached hydrogens (primary N) is 1. The van der Waals surface area contributed by atoms with Crippen molar-refractivity contribution in [1.82, 2.24) is 4.72 Å². The molecular weight excluding hydrogens is 372 g/mol. The lowest BCUT2D eigenvalue weighted by molar-refractivity contribution is 0.511. The molecule has 0 aliphatic heterocycles. The van der Waals surface area contributed by atoms with Gasteiger partial charge in [0, 0.05) is 21.1 Å². The van der Waals surface area contributed by atoms with E-state index >= 15 is 0 Å². The van der Waals surface area contributed by atoms with Gasteiger partial charge in [0.15, 0.2) is 0 Å². The van der Waals surface area contributed by atoms with Crippen molar-refractivity contribution < 1.29 is 8.42 Å². The fraction of sp³-hybridized carbons (Fsp3) is 0.286. The number of hydrogen-bond donors (Lipinski definition) is 2. The highest BCUT2D eigenvalue weighted by Crippen LogP contribution is 2.35. The van der Waals surface area contributed by atoms with Crippen LogP contribution in [0, 0.1) is 0 Å². The lowest BCUT2D eigenvalue weighted by atomic mass is 9.95. The molecule has 21 heavy (non-hydrogen) atoms. The van der Waals surface area contributed by atoms with E-state index in [1.54, 1.807) is 23.5 Å². The number of halogens is 1. The fourth-order valence-corrected chi connectivity index (χ4v) is 5.93. The summed E-state index contributed by atoms with van der Waals surface area (Å²) < 4.78 is 28.5. The summed E-state index contributed by atoms with van der Waals surface area (Å²) in [7, 11) is -3.58. The molecule has 1 unspecified atom stereocenters. The minimum absolute atomic E-state index is 0.144. The second-order valence-electron chi connectivity index (χ2n) is 5.06. The van der Waals surface area contributed by atoms with Gasteiger partial charge in [0.2, 0.25) is 10.0 Å². The maximum absolute atomic E-state index is 12.6. The lowest BCUT2D eigenvalue weighted by Gasteiger charge is -2.23. The summed E-state index contributed by atoms with van der Waals surface area (Å²) in [6.45, 7) is 0. The first kappa shape index (κ1) is 15.0. The molecule has 0 radical (unpaired) electrons.